The van der Waals surface area contributed by atoms with Gasteiger partial charge in [0, 0.05) is 40.3 Å². The average molecular weight is 719 g/mol. The number of rotatable bonds is 3. The molecule has 0 aliphatic carbocycles. The van der Waals surface area contributed by atoms with E-state index in [0.717, 1.165) is 0 Å². The van der Waals surface area contributed by atoms with Gasteiger partial charge >= 0.3 is 0 Å². The lowest BCUT2D eigenvalue weighted by Gasteiger charge is -2.18. The van der Waals surface area contributed by atoms with E-state index in [1.54, 1.807) is 0 Å². The van der Waals surface area contributed by atoms with Gasteiger partial charge in [0.2, 0.25) is 0 Å². The monoisotopic (exact) mass is 718 g/mol. The molecule has 0 aliphatic rings. The first-order valence-electron chi connectivity index (χ1n) is 18.5. The van der Waals surface area contributed by atoms with Crippen LogP contribution in [-0.2, 0) is 0 Å². The highest BCUT2D eigenvalue weighted by Gasteiger charge is 2.17. The standard InChI is InChI=1S/C52H30S2/c1-2-10-31(11-3-1)50-39-13-4-6-15-41(39)51(42-16-7-5-14-40(42)50)37-21-20-32-26-33(18-19-34(32)27-37)35-22-24-43-48(28-35)54-47-25-23-36-29-49-45(30-44(36)52(43)47)38-12-8-9-17-46(38)53-49/h1-30H. The SMILES string of the molecule is c1ccc(-c2c3ccccc3c(-c3ccc4cc(-c5ccc6c(c5)sc5ccc7cc8sc9ccccc9c8cc7c56)ccc4c3)c3ccccc23)cc1. The maximum atomic E-state index is 2.44. The second-order valence-corrected chi connectivity index (χ2v) is 16.6. The summed E-state index contributed by atoms with van der Waals surface area (Å²) in [6, 6.07) is 67.9. The molecule has 0 nitrogen and oxygen atoms in total. The molecule has 54 heavy (non-hydrogen) atoms. The Morgan fingerprint density at radius 3 is 1.52 bits per heavy atom. The van der Waals surface area contributed by atoms with Crippen LogP contribution in [0.3, 0.4) is 0 Å². The fraction of sp³-hybridized carbons (Fsp3) is 0. The molecule has 0 unspecified atom stereocenters. The molecule has 0 aliphatic heterocycles. The third kappa shape index (κ3) is 4.48. The van der Waals surface area contributed by atoms with Crippen LogP contribution in [0.2, 0.25) is 0 Å². The minimum Gasteiger partial charge on any atom is -0.135 e. The van der Waals surface area contributed by atoms with Crippen LogP contribution in [0.5, 0.6) is 0 Å². The highest BCUT2D eigenvalue weighted by atomic mass is 32.1. The molecule has 0 radical (unpaired) electrons. The summed E-state index contributed by atoms with van der Waals surface area (Å²) in [6.45, 7) is 0. The predicted octanol–water partition coefficient (Wildman–Crippen LogP) is 16.0. The lowest BCUT2D eigenvalue weighted by atomic mass is 9.85. The third-order valence-corrected chi connectivity index (χ3v) is 13.7. The molecule has 0 fully saturated rings. The molecule has 12 rings (SSSR count). The lowest BCUT2D eigenvalue weighted by molar-refractivity contribution is 1.66. The Balaban J connectivity index is 0.976. The van der Waals surface area contributed by atoms with Crippen molar-refractivity contribution in [2.45, 2.75) is 0 Å². The zero-order valence-corrected chi connectivity index (χ0v) is 30.8. The zero-order valence-electron chi connectivity index (χ0n) is 29.1. The highest BCUT2D eigenvalue weighted by molar-refractivity contribution is 7.26. The first kappa shape index (κ1) is 30.2. The normalized spacial score (nSPS) is 12.1. The van der Waals surface area contributed by atoms with E-state index in [1.807, 2.05) is 22.7 Å². The van der Waals surface area contributed by atoms with E-state index < -0.39 is 0 Å². The predicted molar refractivity (Wildman–Crippen MR) is 239 cm³/mol. The highest BCUT2D eigenvalue weighted by Crippen LogP contribution is 2.46. The fourth-order valence-corrected chi connectivity index (χ4v) is 11.2. The number of hydrogen-bond donors (Lipinski definition) is 0. The van der Waals surface area contributed by atoms with E-state index in [4.69, 9.17) is 0 Å². The van der Waals surface area contributed by atoms with Gasteiger partial charge in [0.15, 0.2) is 0 Å². The summed E-state index contributed by atoms with van der Waals surface area (Å²) in [5, 5.41) is 15.7. The van der Waals surface area contributed by atoms with Gasteiger partial charge in [0.1, 0.15) is 0 Å². The summed E-state index contributed by atoms with van der Waals surface area (Å²) in [5.41, 5.74) is 7.58. The van der Waals surface area contributed by atoms with Crippen molar-refractivity contribution >= 4 is 106 Å². The van der Waals surface area contributed by atoms with Crippen molar-refractivity contribution in [3.63, 3.8) is 0 Å². The topological polar surface area (TPSA) is 0 Å². The second kappa shape index (κ2) is 11.6. The molecule has 2 heterocycles. The molecule has 0 bridgehead atoms. The van der Waals surface area contributed by atoms with Crippen LogP contribution in [0.4, 0.5) is 0 Å². The van der Waals surface area contributed by atoms with Gasteiger partial charge < -0.3 is 0 Å². The number of hydrogen-bond acceptors (Lipinski definition) is 2. The molecule has 0 saturated heterocycles. The van der Waals surface area contributed by atoms with E-state index in [1.165, 1.54) is 117 Å². The summed E-state index contributed by atoms with van der Waals surface area (Å²) < 4.78 is 5.38. The number of thiophene rings is 2. The van der Waals surface area contributed by atoms with Crippen LogP contribution in [0.1, 0.15) is 0 Å². The van der Waals surface area contributed by atoms with Crippen LogP contribution < -0.4 is 0 Å². The van der Waals surface area contributed by atoms with Crippen LogP contribution in [0.25, 0.3) is 117 Å². The number of benzene rings is 10. The van der Waals surface area contributed by atoms with Gasteiger partial charge in [-0.1, -0.05) is 140 Å². The molecule has 2 aromatic heterocycles. The summed E-state index contributed by atoms with van der Waals surface area (Å²) >= 11 is 3.79. The smallest absolute Gasteiger partial charge is 0.0361 e. The molecule has 0 atom stereocenters. The maximum absolute atomic E-state index is 2.44. The first-order valence-corrected chi connectivity index (χ1v) is 20.1. The van der Waals surface area contributed by atoms with E-state index in [9.17, 15) is 0 Å². The molecular formula is C52H30S2. The van der Waals surface area contributed by atoms with Gasteiger partial charge in [-0.05, 0) is 119 Å². The van der Waals surface area contributed by atoms with Gasteiger partial charge in [0.05, 0.1) is 0 Å². The van der Waals surface area contributed by atoms with Gasteiger partial charge in [-0.3, -0.25) is 0 Å². The Kier molecular flexibility index (Phi) is 6.48. The quantitative estimate of drug-likeness (QED) is 0.160. The van der Waals surface area contributed by atoms with Crippen molar-refractivity contribution in [1.29, 1.82) is 0 Å². The Bertz CT molecular complexity index is 3430. The van der Waals surface area contributed by atoms with Crippen molar-refractivity contribution in [3.8, 4) is 33.4 Å². The molecular weight excluding hydrogens is 689 g/mol. The van der Waals surface area contributed by atoms with Gasteiger partial charge in [-0.25, -0.2) is 0 Å². The summed E-state index contributed by atoms with van der Waals surface area (Å²) in [5.74, 6) is 0. The van der Waals surface area contributed by atoms with Crippen molar-refractivity contribution in [1.82, 2.24) is 0 Å². The van der Waals surface area contributed by atoms with Crippen molar-refractivity contribution in [2.75, 3.05) is 0 Å². The Morgan fingerprint density at radius 2 is 0.778 bits per heavy atom. The van der Waals surface area contributed by atoms with E-state index in [-0.39, 0.29) is 0 Å². The van der Waals surface area contributed by atoms with Gasteiger partial charge in [0.25, 0.3) is 0 Å². The Labute approximate surface area is 319 Å². The zero-order chi connectivity index (χ0) is 35.3. The summed E-state index contributed by atoms with van der Waals surface area (Å²) in [6.07, 6.45) is 0. The van der Waals surface area contributed by atoms with Crippen LogP contribution >= 0.6 is 22.7 Å². The summed E-state index contributed by atoms with van der Waals surface area (Å²) in [7, 11) is 0. The average Bonchev–Trinajstić information content (AvgIpc) is 3.79. The fourth-order valence-electron chi connectivity index (χ4n) is 8.93. The summed E-state index contributed by atoms with van der Waals surface area (Å²) in [4.78, 5) is 0. The molecule has 0 spiro atoms. The van der Waals surface area contributed by atoms with Gasteiger partial charge in [-0.15, -0.1) is 22.7 Å². The molecule has 10 aromatic carbocycles. The molecule has 2 heteroatoms. The Hall–Kier alpha value is -6.32. The lowest BCUT2D eigenvalue weighted by Crippen LogP contribution is -1.90. The van der Waals surface area contributed by atoms with Crippen LogP contribution in [-0.4, -0.2) is 0 Å². The molecule has 12 aromatic rings. The minimum atomic E-state index is 1.24. The second-order valence-electron chi connectivity index (χ2n) is 14.4. The van der Waals surface area contributed by atoms with E-state index in [2.05, 4.69) is 182 Å². The van der Waals surface area contributed by atoms with Gasteiger partial charge in [-0.2, -0.15) is 0 Å². The van der Waals surface area contributed by atoms with Crippen molar-refractivity contribution in [3.05, 3.63) is 182 Å². The third-order valence-electron chi connectivity index (χ3n) is 11.4. The maximum Gasteiger partial charge on any atom is 0.0361 e. The Morgan fingerprint density at radius 1 is 0.241 bits per heavy atom. The molecule has 0 N–H and O–H groups in total. The molecule has 0 saturated carbocycles. The van der Waals surface area contributed by atoms with Crippen LogP contribution in [0.15, 0.2) is 182 Å². The van der Waals surface area contributed by atoms with E-state index >= 15 is 0 Å². The van der Waals surface area contributed by atoms with Crippen LogP contribution in [0, 0.1) is 0 Å². The molecule has 250 valence electrons. The largest absolute Gasteiger partial charge is 0.135 e. The molecule has 0 amide bonds. The van der Waals surface area contributed by atoms with Crippen molar-refractivity contribution in [2.24, 2.45) is 0 Å². The number of fused-ring (bicyclic) bond motifs is 11. The van der Waals surface area contributed by atoms with Crippen molar-refractivity contribution < 1.29 is 0 Å². The first-order chi connectivity index (χ1) is 26.7. The minimum absolute atomic E-state index is 1.24. The van der Waals surface area contributed by atoms with E-state index in [0.29, 0.717) is 0 Å².